The van der Waals surface area contributed by atoms with E-state index in [2.05, 4.69) is 29.0 Å². The Labute approximate surface area is 155 Å². The van der Waals surface area contributed by atoms with Gasteiger partial charge in [-0.1, -0.05) is 36.4 Å². The van der Waals surface area contributed by atoms with Gasteiger partial charge < -0.3 is 5.21 Å². The Morgan fingerprint density at radius 2 is 1.78 bits per heavy atom. The van der Waals surface area contributed by atoms with Gasteiger partial charge in [0.25, 0.3) is 5.69 Å². The molecule has 0 radical (unpaired) electrons. The SMILES string of the molecule is Cc1cccc2cc(-c3cnc4ccccc4[n+]3[O-])n(-c3ccccn3)c12. The Bertz CT molecular complexity index is 1290. The molecule has 0 atom stereocenters. The third kappa shape index (κ3) is 2.36. The first kappa shape index (κ1) is 15.5. The van der Waals surface area contributed by atoms with Crippen molar-refractivity contribution in [3.8, 4) is 17.2 Å². The summed E-state index contributed by atoms with van der Waals surface area (Å²) in [6, 6.07) is 21.3. The maximum Gasteiger partial charge on any atom is 0.259 e. The first-order chi connectivity index (χ1) is 13.2. The predicted molar refractivity (Wildman–Crippen MR) is 106 cm³/mol. The summed E-state index contributed by atoms with van der Waals surface area (Å²) in [4.78, 5) is 9.01. The van der Waals surface area contributed by atoms with Crippen molar-refractivity contribution in [2.75, 3.05) is 0 Å². The Kier molecular flexibility index (Phi) is 3.40. The molecule has 0 saturated carbocycles. The second-order valence-electron chi connectivity index (χ2n) is 6.49. The second-order valence-corrected chi connectivity index (χ2v) is 6.49. The molecule has 3 heterocycles. The van der Waals surface area contributed by atoms with Gasteiger partial charge in [0.1, 0.15) is 23.2 Å². The molecule has 5 heteroatoms. The van der Waals surface area contributed by atoms with E-state index in [4.69, 9.17) is 0 Å². The Morgan fingerprint density at radius 3 is 2.63 bits per heavy atom. The number of rotatable bonds is 2. The zero-order valence-electron chi connectivity index (χ0n) is 14.7. The van der Waals surface area contributed by atoms with E-state index in [0.717, 1.165) is 32.7 Å². The van der Waals surface area contributed by atoms with Crippen LogP contribution in [0.25, 0.3) is 39.1 Å². The molecule has 130 valence electrons. The average Bonchev–Trinajstić information content (AvgIpc) is 3.10. The topological polar surface area (TPSA) is 57.6 Å². The number of benzene rings is 2. The van der Waals surface area contributed by atoms with Crippen LogP contribution in [0.5, 0.6) is 0 Å². The van der Waals surface area contributed by atoms with Crippen molar-refractivity contribution in [1.29, 1.82) is 0 Å². The highest BCUT2D eigenvalue weighted by Crippen LogP contribution is 2.31. The Balaban J connectivity index is 1.90. The molecule has 5 rings (SSSR count). The average molecular weight is 352 g/mol. The summed E-state index contributed by atoms with van der Waals surface area (Å²) in [5.74, 6) is 0.768. The lowest BCUT2D eigenvalue weighted by Crippen LogP contribution is -2.31. The van der Waals surface area contributed by atoms with Crippen LogP contribution in [0.1, 0.15) is 5.56 Å². The third-order valence-electron chi connectivity index (χ3n) is 4.81. The molecule has 0 unspecified atom stereocenters. The fraction of sp³-hybridized carbons (Fsp3) is 0.0455. The Morgan fingerprint density at radius 1 is 0.926 bits per heavy atom. The molecule has 0 aliphatic rings. The summed E-state index contributed by atoms with van der Waals surface area (Å²) in [5, 5.41) is 14.2. The minimum Gasteiger partial charge on any atom is -0.618 e. The second kappa shape index (κ2) is 5.92. The van der Waals surface area contributed by atoms with Gasteiger partial charge in [0.15, 0.2) is 0 Å². The zero-order valence-corrected chi connectivity index (χ0v) is 14.7. The van der Waals surface area contributed by atoms with Crippen molar-refractivity contribution in [3.63, 3.8) is 0 Å². The summed E-state index contributed by atoms with van der Waals surface area (Å²) in [6.45, 7) is 2.06. The molecule has 0 spiro atoms. The summed E-state index contributed by atoms with van der Waals surface area (Å²) < 4.78 is 2.98. The fourth-order valence-electron chi connectivity index (χ4n) is 3.58. The van der Waals surface area contributed by atoms with Gasteiger partial charge in [-0.2, -0.15) is 4.73 Å². The van der Waals surface area contributed by atoms with Gasteiger partial charge in [-0.3, -0.25) is 4.57 Å². The van der Waals surface area contributed by atoms with Gasteiger partial charge in [0.2, 0.25) is 5.52 Å². The van der Waals surface area contributed by atoms with Crippen molar-refractivity contribution in [2.45, 2.75) is 6.92 Å². The van der Waals surface area contributed by atoms with Crippen molar-refractivity contribution in [3.05, 3.63) is 89.9 Å². The lowest BCUT2D eigenvalue weighted by atomic mass is 10.1. The fourth-order valence-corrected chi connectivity index (χ4v) is 3.58. The predicted octanol–water partition coefficient (Wildman–Crippen LogP) is 4.18. The van der Waals surface area contributed by atoms with Crippen LogP contribution in [0.3, 0.4) is 0 Å². The number of pyridine rings is 1. The van der Waals surface area contributed by atoms with Gasteiger partial charge in [0.05, 0.1) is 5.52 Å². The molecular formula is C22H16N4O. The molecule has 5 nitrogen and oxygen atoms in total. The maximum atomic E-state index is 13.1. The van der Waals surface area contributed by atoms with Crippen LogP contribution in [-0.2, 0) is 0 Å². The molecule has 0 N–H and O–H groups in total. The summed E-state index contributed by atoms with van der Waals surface area (Å²) >= 11 is 0. The van der Waals surface area contributed by atoms with Crippen molar-refractivity contribution < 1.29 is 4.73 Å². The van der Waals surface area contributed by atoms with Crippen LogP contribution in [0, 0.1) is 12.1 Å². The van der Waals surface area contributed by atoms with Gasteiger partial charge >= 0.3 is 0 Å². The zero-order chi connectivity index (χ0) is 18.4. The molecule has 0 bridgehead atoms. The van der Waals surface area contributed by atoms with Crippen LogP contribution in [0.4, 0.5) is 0 Å². The molecular weight excluding hydrogens is 336 g/mol. The number of nitrogens with zero attached hydrogens (tertiary/aromatic N) is 4. The van der Waals surface area contributed by atoms with Crippen LogP contribution in [0.2, 0.25) is 0 Å². The standard InChI is InChI=1S/C22H16N4O/c1-15-7-6-8-16-13-19(25(22(15)16)21-11-4-5-12-23-21)20-14-24-17-9-2-3-10-18(17)26(20)27/h2-14H,1H3. The Hall–Kier alpha value is -3.73. The van der Waals surface area contributed by atoms with Crippen molar-refractivity contribution in [1.82, 2.24) is 14.5 Å². The van der Waals surface area contributed by atoms with Gasteiger partial charge in [-0.25, -0.2) is 9.97 Å². The highest BCUT2D eigenvalue weighted by Gasteiger charge is 2.22. The molecule has 27 heavy (non-hydrogen) atoms. The number of hydrogen-bond acceptors (Lipinski definition) is 3. The normalized spacial score (nSPS) is 11.3. The largest absolute Gasteiger partial charge is 0.618 e. The number of hydrogen-bond donors (Lipinski definition) is 0. The van der Waals surface area contributed by atoms with Crippen molar-refractivity contribution >= 4 is 21.9 Å². The van der Waals surface area contributed by atoms with Crippen molar-refractivity contribution in [2.24, 2.45) is 0 Å². The van der Waals surface area contributed by atoms with E-state index in [0.29, 0.717) is 16.7 Å². The highest BCUT2D eigenvalue weighted by atomic mass is 16.5. The maximum absolute atomic E-state index is 13.1. The van der Waals surface area contributed by atoms with Crippen LogP contribution in [0.15, 0.2) is 79.1 Å². The summed E-state index contributed by atoms with van der Waals surface area (Å²) in [7, 11) is 0. The van der Waals surface area contributed by atoms with Crippen LogP contribution in [-0.4, -0.2) is 14.5 Å². The monoisotopic (exact) mass is 352 g/mol. The van der Waals surface area contributed by atoms with Gasteiger partial charge in [0, 0.05) is 17.6 Å². The van der Waals surface area contributed by atoms with Gasteiger partial charge in [-0.05, 0) is 36.8 Å². The molecule has 0 fully saturated rings. The van der Waals surface area contributed by atoms with E-state index in [-0.39, 0.29) is 0 Å². The number of fused-ring (bicyclic) bond motifs is 2. The minimum absolute atomic E-state index is 0.495. The third-order valence-corrected chi connectivity index (χ3v) is 4.81. The van der Waals surface area contributed by atoms with Gasteiger partial charge in [-0.15, -0.1) is 0 Å². The molecule has 0 amide bonds. The van der Waals surface area contributed by atoms with Crippen LogP contribution < -0.4 is 4.73 Å². The smallest absolute Gasteiger partial charge is 0.259 e. The number of aromatic nitrogens is 4. The molecule has 0 aliphatic carbocycles. The van der Waals surface area contributed by atoms with E-state index in [9.17, 15) is 5.21 Å². The molecule has 0 aliphatic heterocycles. The summed E-state index contributed by atoms with van der Waals surface area (Å²) in [6.07, 6.45) is 3.39. The van der Waals surface area contributed by atoms with E-state index < -0.39 is 0 Å². The first-order valence-electron chi connectivity index (χ1n) is 8.74. The van der Waals surface area contributed by atoms with E-state index in [1.165, 1.54) is 0 Å². The number of para-hydroxylation sites is 3. The first-order valence-corrected chi connectivity index (χ1v) is 8.74. The highest BCUT2D eigenvalue weighted by molar-refractivity contribution is 5.90. The molecule has 5 aromatic rings. The molecule has 2 aromatic carbocycles. The molecule has 3 aromatic heterocycles. The lowest BCUT2D eigenvalue weighted by Gasteiger charge is -2.12. The van der Waals surface area contributed by atoms with E-state index in [1.54, 1.807) is 18.5 Å². The number of aryl methyl sites for hydroxylation is 1. The minimum atomic E-state index is 0.495. The van der Waals surface area contributed by atoms with Crippen LogP contribution >= 0.6 is 0 Å². The molecule has 0 saturated heterocycles. The summed E-state index contributed by atoms with van der Waals surface area (Å²) in [5.41, 5.74) is 4.65. The lowest BCUT2D eigenvalue weighted by molar-refractivity contribution is -0.565. The van der Waals surface area contributed by atoms with E-state index in [1.807, 2.05) is 53.1 Å². The quantitative estimate of drug-likeness (QED) is 0.354. The van der Waals surface area contributed by atoms with E-state index >= 15 is 0 Å².